The maximum Gasteiger partial charge on any atom is 0.319 e. The van der Waals surface area contributed by atoms with Gasteiger partial charge in [0.1, 0.15) is 5.69 Å². The molecular weight excluding hydrogens is 332 g/mol. The van der Waals surface area contributed by atoms with E-state index in [1.807, 2.05) is 54.1 Å². The van der Waals surface area contributed by atoms with Crippen LogP contribution < -0.4 is 10.6 Å². The number of rotatable bonds is 6. The number of hydrogen-bond acceptors (Lipinski definition) is 3. The Bertz CT molecular complexity index is 787. The zero-order valence-electron chi connectivity index (χ0n) is 15.1. The molecule has 138 valence electrons. The highest BCUT2D eigenvalue weighted by Crippen LogP contribution is 2.18. The second-order valence-corrected chi connectivity index (χ2v) is 6.40. The Balaban J connectivity index is 1.63. The van der Waals surface area contributed by atoms with E-state index < -0.39 is 0 Å². The summed E-state index contributed by atoms with van der Waals surface area (Å²) < 4.78 is 7.05. The summed E-state index contributed by atoms with van der Waals surface area (Å²) in [5.74, 6) is -0.0378. The molecule has 2 N–H and O–H groups in total. The molecule has 2 aromatic rings. The molecule has 0 aliphatic carbocycles. The molecular formula is C19H24N4O3. The highest BCUT2D eigenvalue weighted by Gasteiger charge is 2.31. The van der Waals surface area contributed by atoms with Crippen LogP contribution in [0.15, 0.2) is 42.6 Å². The topological polar surface area (TPSA) is 75.6 Å². The lowest BCUT2D eigenvalue weighted by atomic mass is 10.1. The van der Waals surface area contributed by atoms with Gasteiger partial charge in [0.05, 0.1) is 12.6 Å². The molecule has 1 unspecified atom stereocenters. The molecule has 1 aromatic heterocycles. The molecule has 0 saturated carbocycles. The molecule has 0 fully saturated rings. The van der Waals surface area contributed by atoms with Gasteiger partial charge in [-0.1, -0.05) is 12.1 Å². The van der Waals surface area contributed by atoms with Gasteiger partial charge in [0.2, 0.25) is 0 Å². The Morgan fingerprint density at radius 2 is 2.15 bits per heavy atom. The fraction of sp³-hybridized carbons (Fsp3) is 0.368. The van der Waals surface area contributed by atoms with E-state index in [2.05, 4.69) is 10.6 Å². The van der Waals surface area contributed by atoms with Gasteiger partial charge < -0.3 is 24.8 Å². The van der Waals surface area contributed by atoms with Crippen LogP contribution in [0.3, 0.4) is 0 Å². The SMILES string of the molecule is COCCN1C(=O)c2cccn2CC1CNC(=O)Nc1cccc(C)c1. The molecule has 7 heteroatoms. The number of benzene rings is 1. The first kappa shape index (κ1) is 18.0. The highest BCUT2D eigenvalue weighted by atomic mass is 16.5. The number of fused-ring (bicyclic) bond motifs is 1. The van der Waals surface area contributed by atoms with Gasteiger partial charge in [-0.3, -0.25) is 4.79 Å². The van der Waals surface area contributed by atoms with Crippen molar-refractivity contribution in [2.75, 3.05) is 32.1 Å². The molecule has 26 heavy (non-hydrogen) atoms. The zero-order valence-corrected chi connectivity index (χ0v) is 15.1. The Labute approximate surface area is 152 Å². The van der Waals surface area contributed by atoms with E-state index in [9.17, 15) is 9.59 Å². The summed E-state index contributed by atoms with van der Waals surface area (Å²) in [5, 5.41) is 5.69. The van der Waals surface area contributed by atoms with Gasteiger partial charge in [-0.25, -0.2) is 4.79 Å². The number of amides is 3. The van der Waals surface area contributed by atoms with Crippen LogP contribution in [-0.4, -0.2) is 54.3 Å². The first-order valence-electron chi connectivity index (χ1n) is 8.65. The lowest BCUT2D eigenvalue weighted by Crippen LogP contribution is -2.54. The number of aromatic nitrogens is 1. The smallest absolute Gasteiger partial charge is 0.319 e. The van der Waals surface area contributed by atoms with E-state index in [0.29, 0.717) is 31.9 Å². The predicted molar refractivity (Wildman–Crippen MR) is 99.3 cm³/mol. The quantitative estimate of drug-likeness (QED) is 0.832. The molecule has 1 atom stereocenters. The van der Waals surface area contributed by atoms with Gasteiger partial charge in [0, 0.05) is 38.6 Å². The summed E-state index contributed by atoms with van der Waals surface area (Å²) in [6.07, 6.45) is 1.89. The first-order chi connectivity index (χ1) is 12.6. The Kier molecular flexibility index (Phi) is 5.58. The van der Waals surface area contributed by atoms with Crippen molar-refractivity contribution in [1.29, 1.82) is 0 Å². The van der Waals surface area contributed by atoms with Crippen molar-refractivity contribution < 1.29 is 14.3 Å². The normalized spacial score (nSPS) is 16.3. The Morgan fingerprint density at radius 1 is 1.31 bits per heavy atom. The van der Waals surface area contributed by atoms with E-state index in [0.717, 1.165) is 11.3 Å². The van der Waals surface area contributed by atoms with E-state index in [-0.39, 0.29) is 18.0 Å². The number of nitrogens with one attached hydrogen (secondary N) is 2. The molecule has 0 radical (unpaired) electrons. The van der Waals surface area contributed by atoms with Gasteiger partial charge in [-0.05, 0) is 36.8 Å². The number of nitrogens with zero attached hydrogens (tertiary/aromatic N) is 2. The minimum Gasteiger partial charge on any atom is -0.383 e. The average Bonchev–Trinajstić information content (AvgIpc) is 3.08. The molecule has 1 aliphatic rings. The number of hydrogen-bond donors (Lipinski definition) is 2. The minimum absolute atomic E-state index is 0.0378. The Hall–Kier alpha value is -2.80. The third kappa shape index (κ3) is 4.05. The molecule has 0 saturated heterocycles. The van der Waals surface area contributed by atoms with Gasteiger partial charge in [-0.2, -0.15) is 0 Å². The highest BCUT2D eigenvalue weighted by molar-refractivity contribution is 5.94. The monoisotopic (exact) mass is 356 g/mol. The molecule has 1 aliphatic heterocycles. The number of carbonyl (C=O) groups excluding carboxylic acids is 2. The van der Waals surface area contributed by atoms with Crippen molar-refractivity contribution in [2.45, 2.75) is 19.5 Å². The van der Waals surface area contributed by atoms with Crippen LogP contribution in [0.4, 0.5) is 10.5 Å². The van der Waals surface area contributed by atoms with Crippen molar-refractivity contribution in [3.8, 4) is 0 Å². The molecule has 3 rings (SSSR count). The van der Waals surface area contributed by atoms with Crippen LogP contribution in [-0.2, 0) is 11.3 Å². The maximum absolute atomic E-state index is 12.7. The number of anilines is 1. The van der Waals surface area contributed by atoms with Gasteiger partial charge in [0.25, 0.3) is 5.91 Å². The fourth-order valence-corrected chi connectivity index (χ4v) is 3.16. The summed E-state index contributed by atoms with van der Waals surface area (Å²) in [4.78, 5) is 26.7. The van der Waals surface area contributed by atoms with Crippen LogP contribution >= 0.6 is 0 Å². The largest absolute Gasteiger partial charge is 0.383 e. The third-order valence-corrected chi connectivity index (χ3v) is 4.47. The Morgan fingerprint density at radius 3 is 2.92 bits per heavy atom. The maximum atomic E-state index is 12.7. The summed E-state index contributed by atoms with van der Waals surface area (Å²) in [7, 11) is 1.61. The van der Waals surface area contributed by atoms with E-state index in [1.54, 1.807) is 12.0 Å². The summed E-state index contributed by atoms with van der Waals surface area (Å²) in [6, 6.07) is 10.9. The van der Waals surface area contributed by atoms with E-state index >= 15 is 0 Å². The number of urea groups is 1. The summed E-state index contributed by atoms with van der Waals surface area (Å²) in [6.45, 7) is 3.93. The molecule has 2 heterocycles. The van der Waals surface area contributed by atoms with Crippen molar-refractivity contribution in [3.63, 3.8) is 0 Å². The van der Waals surface area contributed by atoms with Crippen LogP contribution in [0, 0.1) is 6.92 Å². The van der Waals surface area contributed by atoms with E-state index in [4.69, 9.17) is 4.74 Å². The number of ether oxygens (including phenoxy) is 1. The minimum atomic E-state index is -0.284. The molecule has 0 spiro atoms. The van der Waals surface area contributed by atoms with Crippen LogP contribution in [0.2, 0.25) is 0 Å². The third-order valence-electron chi connectivity index (χ3n) is 4.47. The van der Waals surface area contributed by atoms with Gasteiger partial charge >= 0.3 is 6.03 Å². The standard InChI is InChI=1S/C19H24N4O3/c1-14-5-3-6-15(11-14)21-19(25)20-12-16-13-22-8-4-7-17(22)18(24)23(16)9-10-26-2/h3-8,11,16H,9-10,12-13H2,1-2H3,(H2,20,21,25). The first-order valence-corrected chi connectivity index (χ1v) is 8.65. The number of aryl methyl sites for hydroxylation is 1. The second kappa shape index (κ2) is 8.05. The van der Waals surface area contributed by atoms with Crippen LogP contribution in [0.5, 0.6) is 0 Å². The lowest BCUT2D eigenvalue weighted by molar-refractivity contribution is 0.0514. The van der Waals surface area contributed by atoms with Crippen LogP contribution in [0.1, 0.15) is 16.1 Å². The lowest BCUT2D eigenvalue weighted by Gasteiger charge is -2.36. The van der Waals surface area contributed by atoms with Crippen molar-refractivity contribution in [1.82, 2.24) is 14.8 Å². The fourth-order valence-electron chi connectivity index (χ4n) is 3.16. The van der Waals surface area contributed by atoms with Gasteiger partial charge in [0.15, 0.2) is 0 Å². The van der Waals surface area contributed by atoms with Crippen molar-refractivity contribution >= 4 is 17.6 Å². The van der Waals surface area contributed by atoms with Gasteiger partial charge in [-0.15, -0.1) is 0 Å². The number of methoxy groups -OCH3 is 1. The molecule has 7 nitrogen and oxygen atoms in total. The summed E-state index contributed by atoms with van der Waals surface area (Å²) in [5.41, 5.74) is 2.49. The average molecular weight is 356 g/mol. The molecule has 0 bridgehead atoms. The van der Waals surface area contributed by atoms with Crippen molar-refractivity contribution in [2.24, 2.45) is 0 Å². The van der Waals surface area contributed by atoms with E-state index in [1.165, 1.54) is 0 Å². The van der Waals surface area contributed by atoms with Crippen molar-refractivity contribution in [3.05, 3.63) is 53.9 Å². The second-order valence-electron chi connectivity index (χ2n) is 6.40. The molecule has 3 amide bonds. The predicted octanol–water partition coefficient (Wildman–Crippen LogP) is 2.09. The number of carbonyl (C=O) groups is 2. The summed E-state index contributed by atoms with van der Waals surface area (Å²) >= 11 is 0. The zero-order chi connectivity index (χ0) is 18.5. The molecule has 1 aromatic carbocycles. The van der Waals surface area contributed by atoms with Crippen LogP contribution in [0.25, 0.3) is 0 Å².